The summed E-state index contributed by atoms with van der Waals surface area (Å²) in [5.74, 6) is 0.543. The topological polar surface area (TPSA) is 64.0 Å². The summed E-state index contributed by atoms with van der Waals surface area (Å²) in [5.41, 5.74) is 1.09. The van der Waals surface area contributed by atoms with Crippen molar-refractivity contribution in [3.05, 3.63) is 27.1 Å². The Labute approximate surface area is 139 Å². The Kier molecular flexibility index (Phi) is 4.80. The number of aryl methyl sites for hydroxylation is 1. The summed E-state index contributed by atoms with van der Waals surface area (Å²) >= 11 is 1.64. The summed E-state index contributed by atoms with van der Waals surface area (Å²) in [6.45, 7) is 5.03. The molecule has 0 spiro atoms. The van der Waals surface area contributed by atoms with Gasteiger partial charge in [-0.3, -0.25) is 14.2 Å². The maximum atomic E-state index is 12.8. The molecule has 23 heavy (non-hydrogen) atoms. The SMILES string of the molecule is CCCCNC(=O)Cn1cnc2sc3c(c2c1=O)CC[C@@H](C)C3. The molecule has 0 saturated carbocycles. The maximum absolute atomic E-state index is 12.8. The summed E-state index contributed by atoms with van der Waals surface area (Å²) in [5, 5.41) is 3.58. The molecule has 6 heteroatoms. The zero-order valence-corrected chi connectivity index (χ0v) is 14.5. The lowest BCUT2D eigenvalue weighted by molar-refractivity contribution is -0.121. The monoisotopic (exact) mass is 333 g/mol. The highest BCUT2D eigenvalue weighted by molar-refractivity contribution is 7.18. The van der Waals surface area contributed by atoms with Crippen molar-refractivity contribution in [1.82, 2.24) is 14.9 Å². The molecular formula is C17H23N3O2S. The maximum Gasteiger partial charge on any atom is 0.262 e. The van der Waals surface area contributed by atoms with Gasteiger partial charge in [0, 0.05) is 11.4 Å². The van der Waals surface area contributed by atoms with Gasteiger partial charge >= 0.3 is 0 Å². The smallest absolute Gasteiger partial charge is 0.262 e. The molecule has 0 fully saturated rings. The first-order chi connectivity index (χ1) is 11.1. The van der Waals surface area contributed by atoms with Gasteiger partial charge in [-0.15, -0.1) is 11.3 Å². The summed E-state index contributed by atoms with van der Waals surface area (Å²) in [4.78, 5) is 31.2. The van der Waals surface area contributed by atoms with Crippen molar-refractivity contribution in [1.29, 1.82) is 0 Å². The fourth-order valence-electron chi connectivity index (χ4n) is 3.09. The minimum atomic E-state index is -0.126. The summed E-state index contributed by atoms with van der Waals surface area (Å²) < 4.78 is 1.44. The molecule has 1 amide bonds. The van der Waals surface area contributed by atoms with Crippen LogP contribution in [0.2, 0.25) is 0 Å². The minimum Gasteiger partial charge on any atom is -0.355 e. The Balaban J connectivity index is 1.87. The predicted molar refractivity (Wildman–Crippen MR) is 93.0 cm³/mol. The highest BCUT2D eigenvalue weighted by atomic mass is 32.1. The summed E-state index contributed by atoms with van der Waals surface area (Å²) in [6, 6.07) is 0. The number of carbonyl (C=O) groups is 1. The van der Waals surface area contributed by atoms with Crippen LogP contribution in [0, 0.1) is 5.92 Å². The van der Waals surface area contributed by atoms with Gasteiger partial charge in [0.2, 0.25) is 5.91 Å². The molecule has 1 aliphatic carbocycles. The van der Waals surface area contributed by atoms with Crippen LogP contribution in [0.5, 0.6) is 0 Å². The van der Waals surface area contributed by atoms with Gasteiger partial charge in [-0.1, -0.05) is 20.3 Å². The number of rotatable bonds is 5. The fourth-order valence-corrected chi connectivity index (χ4v) is 4.43. The molecule has 3 rings (SSSR count). The number of hydrogen-bond acceptors (Lipinski definition) is 4. The van der Waals surface area contributed by atoms with Crippen molar-refractivity contribution < 1.29 is 4.79 Å². The van der Waals surface area contributed by atoms with Crippen LogP contribution in [0.15, 0.2) is 11.1 Å². The average Bonchev–Trinajstić information content (AvgIpc) is 2.88. The van der Waals surface area contributed by atoms with Gasteiger partial charge in [0.25, 0.3) is 5.56 Å². The summed E-state index contributed by atoms with van der Waals surface area (Å²) in [6.07, 6.45) is 6.59. The quantitative estimate of drug-likeness (QED) is 0.855. The normalized spacial score (nSPS) is 17.2. The van der Waals surface area contributed by atoms with Gasteiger partial charge in [-0.05, 0) is 37.2 Å². The number of aromatic nitrogens is 2. The van der Waals surface area contributed by atoms with E-state index in [2.05, 4.69) is 24.1 Å². The summed E-state index contributed by atoms with van der Waals surface area (Å²) in [7, 11) is 0. The largest absolute Gasteiger partial charge is 0.355 e. The predicted octanol–water partition coefficient (Wildman–Crippen LogP) is 2.50. The Bertz CT molecular complexity index is 778. The van der Waals surface area contributed by atoms with Crippen molar-refractivity contribution in [2.75, 3.05) is 6.54 Å². The van der Waals surface area contributed by atoms with Crippen LogP contribution in [-0.4, -0.2) is 22.0 Å². The van der Waals surface area contributed by atoms with Crippen LogP contribution in [0.25, 0.3) is 10.2 Å². The van der Waals surface area contributed by atoms with E-state index in [1.807, 2.05) is 0 Å². The highest BCUT2D eigenvalue weighted by Crippen LogP contribution is 2.35. The molecule has 0 radical (unpaired) electrons. The van der Waals surface area contributed by atoms with E-state index in [0.717, 1.165) is 42.3 Å². The van der Waals surface area contributed by atoms with Gasteiger partial charge < -0.3 is 5.32 Å². The lowest BCUT2D eigenvalue weighted by atomic mass is 9.89. The molecule has 124 valence electrons. The number of unbranched alkanes of at least 4 members (excludes halogenated alkanes) is 1. The molecule has 0 aromatic carbocycles. The Hall–Kier alpha value is -1.69. The van der Waals surface area contributed by atoms with Crippen LogP contribution in [0.3, 0.4) is 0 Å². The van der Waals surface area contributed by atoms with E-state index in [-0.39, 0.29) is 18.0 Å². The van der Waals surface area contributed by atoms with E-state index in [0.29, 0.717) is 12.5 Å². The first-order valence-electron chi connectivity index (χ1n) is 8.36. The standard InChI is InChI=1S/C17H23N3O2S/c1-3-4-7-18-14(21)9-20-10-19-16-15(17(20)22)12-6-5-11(2)8-13(12)23-16/h10-11H,3-9H2,1-2H3,(H,18,21)/t11-/m1/s1. The number of fused-ring (bicyclic) bond motifs is 3. The van der Waals surface area contributed by atoms with Crippen molar-refractivity contribution >= 4 is 27.5 Å². The first-order valence-corrected chi connectivity index (χ1v) is 9.18. The number of thiophene rings is 1. The number of carbonyl (C=O) groups excluding carboxylic acids is 1. The van der Waals surface area contributed by atoms with Crippen LogP contribution < -0.4 is 10.9 Å². The van der Waals surface area contributed by atoms with E-state index >= 15 is 0 Å². The van der Waals surface area contributed by atoms with E-state index in [9.17, 15) is 9.59 Å². The van der Waals surface area contributed by atoms with Crippen LogP contribution in [-0.2, 0) is 24.2 Å². The van der Waals surface area contributed by atoms with Crippen molar-refractivity contribution in [3.8, 4) is 0 Å². The lowest BCUT2D eigenvalue weighted by Gasteiger charge is -2.17. The molecule has 0 aliphatic heterocycles. The zero-order valence-electron chi connectivity index (χ0n) is 13.7. The minimum absolute atomic E-state index is 0.0481. The molecule has 2 heterocycles. The van der Waals surface area contributed by atoms with Crippen LogP contribution in [0.4, 0.5) is 0 Å². The Morgan fingerprint density at radius 1 is 1.52 bits per heavy atom. The Morgan fingerprint density at radius 2 is 2.35 bits per heavy atom. The third-order valence-corrected chi connectivity index (χ3v) is 5.61. The number of nitrogens with zero attached hydrogens (tertiary/aromatic N) is 2. The molecule has 1 N–H and O–H groups in total. The Morgan fingerprint density at radius 3 is 3.13 bits per heavy atom. The molecule has 1 atom stereocenters. The second-order valence-electron chi connectivity index (χ2n) is 6.41. The molecule has 0 saturated heterocycles. The van der Waals surface area contributed by atoms with E-state index in [1.54, 1.807) is 11.3 Å². The third-order valence-electron chi connectivity index (χ3n) is 4.45. The molecule has 2 aromatic rings. The highest BCUT2D eigenvalue weighted by Gasteiger charge is 2.23. The molecule has 5 nitrogen and oxygen atoms in total. The zero-order chi connectivity index (χ0) is 16.4. The molecule has 0 unspecified atom stereocenters. The molecule has 0 bridgehead atoms. The van der Waals surface area contributed by atoms with Gasteiger partial charge in [0.05, 0.1) is 11.7 Å². The van der Waals surface area contributed by atoms with Gasteiger partial charge in [0.1, 0.15) is 11.4 Å². The van der Waals surface area contributed by atoms with Gasteiger partial charge in [0.15, 0.2) is 0 Å². The van der Waals surface area contributed by atoms with Crippen molar-refractivity contribution in [2.45, 2.75) is 52.5 Å². The third kappa shape index (κ3) is 3.32. The van der Waals surface area contributed by atoms with E-state index in [4.69, 9.17) is 0 Å². The van der Waals surface area contributed by atoms with Crippen molar-refractivity contribution in [3.63, 3.8) is 0 Å². The first kappa shape index (κ1) is 16.2. The second-order valence-corrected chi connectivity index (χ2v) is 7.50. The molecule has 2 aromatic heterocycles. The number of amides is 1. The number of nitrogens with one attached hydrogen (secondary N) is 1. The van der Waals surface area contributed by atoms with Gasteiger partial charge in [-0.25, -0.2) is 4.98 Å². The fraction of sp³-hybridized carbons (Fsp3) is 0.588. The molecular weight excluding hydrogens is 310 g/mol. The number of hydrogen-bond donors (Lipinski definition) is 1. The van der Waals surface area contributed by atoms with E-state index in [1.165, 1.54) is 21.3 Å². The average molecular weight is 333 g/mol. The lowest BCUT2D eigenvalue weighted by Crippen LogP contribution is -2.33. The van der Waals surface area contributed by atoms with Gasteiger partial charge in [-0.2, -0.15) is 0 Å². The van der Waals surface area contributed by atoms with Crippen LogP contribution >= 0.6 is 11.3 Å². The van der Waals surface area contributed by atoms with Crippen LogP contribution in [0.1, 0.15) is 43.6 Å². The molecule has 1 aliphatic rings. The van der Waals surface area contributed by atoms with E-state index < -0.39 is 0 Å². The second kappa shape index (κ2) is 6.83. The van der Waals surface area contributed by atoms with Crippen molar-refractivity contribution in [2.24, 2.45) is 5.92 Å².